The number of thioether (sulfide) groups is 1. The Labute approximate surface area is 203 Å². The van der Waals surface area contributed by atoms with E-state index in [1.54, 1.807) is 24.3 Å². The van der Waals surface area contributed by atoms with Gasteiger partial charge in [-0.2, -0.15) is 0 Å². The van der Waals surface area contributed by atoms with Gasteiger partial charge in [-0.05, 0) is 68.0 Å². The van der Waals surface area contributed by atoms with Gasteiger partial charge in [0.15, 0.2) is 5.11 Å². The number of nitrogens with one attached hydrogen (secondary N) is 3. The highest BCUT2D eigenvalue weighted by molar-refractivity contribution is 8.00. The molecule has 170 valence electrons. The molecule has 6 nitrogen and oxygen atoms in total. The van der Waals surface area contributed by atoms with Crippen LogP contribution in [0.1, 0.15) is 29.3 Å². The zero-order chi connectivity index (χ0) is 23.8. The van der Waals surface area contributed by atoms with Crippen LogP contribution in [0.25, 0.3) is 0 Å². The summed E-state index contributed by atoms with van der Waals surface area (Å²) in [6.07, 6.45) is 0.611. The molecule has 2 amide bonds. The molecule has 8 heteroatoms. The fraction of sp³-hybridized carbons (Fsp3) is 0.160. The molecule has 0 fully saturated rings. The van der Waals surface area contributed by atoms with Gasteiger partial charge in [-0.15, -0.1) is 11.8 Å². The Hall–Kier alpha value is -3.36. The van der Waals surface area contributed by atoms with E-state index < -0.39 is 5.91 Å². The molecule has 0 aromatic heterocycles. The summed E-state index contributed by atoms with van der Waals surface area (Å²) in [7, 11) is 0. The number of anilines is 3. The summed E-state index contributed by atoms with van der Waals surface area (Å²) in [4.78, 5) is 25.4. The van der Waals surface area contributed by atoms with Gasteiger partial charge >= 0.3 is 0 Å². The zero-order valence-electron chi connectivity index (χ0n) is 18.4. The number of aryl methyl sites for hydroxylation is 1. The molecule has 1 atom stereocenters. The summed E-state index contributed by atoms with van der Waals surface area (Å²) in [5.74, 6) is -0.772. The van der Waals surface area contributed by atoms with Gasteiger partial charge < -0.3 is 21.7 Å². The number of para-hydroxylation sites is 1. The van der Waals surface area contributed by atoms with E-state index in [1.165, 1.54) is 17.3 Å². The number of hydrogen-bond donors (Lipinski definition) is 4. The van der Waals surface area contributed by atoms with Crippen LogP contribution in [0.5, 0.6) is 0 Å². The average molecular weight is 479 g/mol. The molecular formula is C25H26N4O2S2. The maximum atomic E-state index is 12.9. The summed E-state index contributed by atoms with van der Waals surface area (Å²) in [5.41, 5.74) is 9.01. The van der Waals surface area contributed by atoms with E-state index in [0.717, 1.165) is 16.3 Å². The third-order valence-electron chi connectivity index (χ3n) is 4.79. The van der Waals surface area contributed by atoms with Crippen molar-refractivity contribution in [2.45, 2.75) is 30.4 Å². The molecule has 0 bridgehead atoms. The second-order valence-corrected chi connectivity index (χ2v) is 9.07. The van der Waals surface area contributed by atoms with Crippen LogP contribution in [0.4, 0.5) is 17.1 Å². The molecule has 0 radical (unpaired) electrons. The van der Waals surface area contributed by atoms with Crippen LogP contribution >= 0.6 is 24.0 Å². The lowest BCUT2D eigenvalue weighted by atomic mass is 10.1. The van der Waals surface area contributed by atoms with Crippen LogP contribution in [-0.2, 0) is 4.79 Å². The SMILES string of the molecule is CCC(Sc1cccc(NC(=S)Nc2ccc(C)cc2)c1)C(=O)Nc1ccccc1C(N)=O. The first-order valence-corrected chi connectivity index (χ1v) is 11.8. The van der Waals surface area contributed by atoms with Gasteiger partial charge in [0.2, 0.25) is 5.91 Å². The number of benzene rings is 3. The minimum atomic E-state index is -0.583. The van der Waals surface area contributed by atoms with Gasteiger partial charge in [0, 0.05) is 16.3 Å². The average Bonchev–Trinajstić information content (AvgIpc) is 2.79. The van der Waals surface area contributed by atoms with Crippen molar-refractivity contribution in [1.29, 1.82) is 0 Å². The first-order chi connectivity index (χ1) is 15.9. The minimum absolute atomic E-state index is 0.189. The summed E-state index contributed by atoms with van der Waals surface area (Å²) in [6.45, 7) is 3.98. The van der Waals surface area contributed by atoms with E-state index in [2.05, 4.69) is 16.0 Å². The van der Waals surface area contributed by atoms with Crippen LogP contribution in [0.15, 0.2) is 77.7 Å². The van der Waals surface area contributed by atoms with E-state index in [9.17, 15) is 9.59 Å². The number of thiocarbonyl (C=S) groups is 1. The van der Waals surface area contributed by atoms with E-state index in [0.29, 0.717) is 17.2 Å². The van der Waals surface area contributed by atoms with E-state index in [4.69, 9.17) is 18.0 Å². The number of carbonyl (C=O) groups is 2. The quantitative estimate of drug-likeness (QED) is 0.255. The molecule has 0 aliphatic heterocycles. The Morgan fingerprint density at radius 3 is 2.33 bits per heavy atom. The van der Waals surface area contributed by atoms with Crippen LogP contribution in [0, 0.1) is 6.92 Å². The largest absolute Gasteiger partial charge is 0.366 e. The molecule has 3 aromatic carbocycles. The Balaban J connectivity index is 1.64. The first-order valence-electron chi connectivity index (χ1n) is 10.5. The lowest BCUT2D eigenvalue weighted by Gasteiger charge is -2.17. The topological polar surface area (TPSA) is 96.2 Å². The maximum absolute atomic E-state index is 12.9. The van der Waals surface area contributed by atoms with Crippen molar-refractivity contribution in [3.05, 3.63) is 83.9 Å². The van der Waals surface area contributed by atoms with Crippen LogP contribution < -0.4 is 21.7 Å². The van der Waals surface area contributed by atoms with Gasteiger partial charge in [0.05, 0.1) is 16.5 Å². The predicted molar refractivity (Wildman–Crippen MR) is 141 cm³/mol. The van der Waals surface area contributed by atoms with Crippen LogP contribution in [-0.4, -0.2) is 22.2 Å². The molecule has 5 N–H and O–H groups in total. The number of rotatable bonds is 8. The van der Waals surface area contributed by atoms with Gasteiger partial charge in [-0.3, -0.25) is 9.59 Å². The van der Waals surface area contributed by atoms with Crippen LogP contribution in [0.3, 0.4) is 0 Å². The molecule has 0 spiro atoms. The molecule has 0 saturated carbocycles. The molecule has 33 heavy (non-hydrogen) atoms. The summed E-state index contributed by atoms with van der Waals surface area (Å²) < 4.78 is 0. The Morgan fingerprint density at radius 1 is 0.939 bits per heavy atom. The third-order valence-corrected chi connectivity index (χ3v) is 6.36. The van der Waals surface area contributed by atoms with Crippen molar-refractivity contribution < 1.29 is 9.59 Å². The van der Waals surface area contributed by atoms with Crippen molar-refractivity contribution >= 4 is 58.0 Å². The van der Waals surface area contributed by atoms with Crippen molar-refractivity contribution in [2.75, 3.05) is 16.0 Å². The van der Waals surface area contributed by atoms with Crippen molar-refractivity contribution in [1.82, 2.24) is 0 Å². The summed E-state index contributed by atoms with van der Waals surface area (Å²) in [5, 5.41) is 9.31. The second-order valence-electron chi connectivity index (χ2n) is 7.39. The standard InChI is InChI=1S/C25H26N4O2S2/c1-3-22(24(31)29-21-10-5-4-9-20(21)23(26)30)33-19-8-6-7-18(15-19)28-25(32)27-17-13-11-16(2)12-14-17/h4-15,22H,3H2,1-2H3,(H2,26,30)(H,29,31)(H2,27,28,32). The molecule has 0 saturated heterocycles. The van der Waals surface area contributed by atoms with Gasteiger partial charge in [-0.25, -0.2) is 0 Å². The lowest BCUT2D eigenvalue weighted by Crippen LogP contribution is -2.26. The van der Waals surface area contributed by atoms with Crippen LogP contribution in [0.2, 0.25) is 0 Å². The second kappa shape index (κ2) is 11.5. The lowest BCUT2D eigenvalue weighted by molar-refractivity contribution is -0.115. The highest BCUT2D eigenvalue weighted by Crippen LogP contribution is 2.29. The smallest absolute Gasteiger partial charge is 0.250 e. The number of primary amides is 1. The molecular weight excluding hydrogens is 452 g/mol. The van der Waals surface area contributed by atoms with Gasteiger partial charge in [-0.1, -0.05) is 42.8 Å². The molecule has 3 aromatic rings. The Bertz CT molecular complexity index is 1150. The number of carbonyl (C=O) groups excluding carboxylic acids is 2. The number of nitrogens with two attached hydrogens (primary N) is 1. The Kier molecular flexibility index (Phi) is 8.46. The minimum Gasteiger partial charge on any atom is -0.366 e. The molecule has 0 aliphatic rings. The van der Waals surface area contributed by atoms with Gasteiger partial charge in [0.25, 0.3) is 5.91 Å². The Morgan fingerprint density at radius 2 is 1.64 bits per heavy atom. The normalized spacial score (nSPS) is 11.3. The van der Waals surface area contributed by atoms with E-state index >= 15 is 0 Å². The molecule has 1 unspecified atom stereocenters. The first kappa shape index (κ1) is 24.3. The van der Waals surface area contributed by atoms with Crippen molar-refractivity contribution in [3.8, 4) is 0 Å². The molecule has 3 rings (SSSR count). The third kappa shape index (κ3) is 7.06. The predicted octanol–water partition coefficient (Wildman–Crippen LogP) is 5.41. The summed E-state index contributed by atoms with van der Waals surface area (Å²) >= 11 is 6.87. The summed E-state index contributed by atoms with van der Waals surface area (Å²) in [6, 6.07) is 22.4. The van der Waals surface area contributed by atoms with Crippen molar-refractivity contribution in [2.24, 2.45) is 5.73 Å². The van der Waals surface area contributed by atoms with E-state index in [1.807, 2.05) is 62.4 Å². The molecule has 0 heterocycles. The van der Waals surface area contributed by atoms with Crippen molar-refractivity contribution in [3.63, 3.8) is 0 Å². The highest BCUT2D eigenvalue weighted by Gasteiger charge is 2.20. The molecule has 0 aliphatic carbocycles. The fourth-order valence-electron chi connectivity index (χ4n) is 3.08. The number of amides is 2. The van der Waals surface area contributed by atoms with E-state index in [-0.39, 0.29) is 16.7 Å². The van der Waals surface area contributed by atoms with Gasteiger partial charge in [0.1, 0.15) is 0 Å². The fourth-order valence-corrected chi connectivity index (χ4v) is 4.33. The zero-order valence-corrected chi connectivity index (χ0v) is 20.1. The monoisotopic (exact) mass is 478 g/mol. The number of hydrogen-bond acceptors (Lipinski definition) is 4. The highest BCUT2D eigenvalue weighted by atomic mass is 32.2. The maximum Gasteiger partial charge on any atom is 0.250 e.